The van der Waals surface area contributed by atoms with E-state index in [1.165, 1.54) is 23.3 Å². The second-order valence-corrected chi connectivity index (χ2v) is 6.41. The maximum absolute atomic E-state index is 13.9. The van der Waals surface area contributed by atoms with E-state index < -0.39 is 11.6 Å². The number of fused-ring (bicyclic) bond motifs is 2. The Morgan fingerprint density at radius 3 is 2.52 bits per heavy atom. The van der Waals surface area contributed by atoms with Crippen LogP contribution in [0.3, 0.4) is 0 Å². The number of aryl methyl sites for hydroxylation is 2. The van der Waals surface area contributed by atoms with Gasteiger partial charge in [0.05, 0.1) is 0 Å². The van der Waals surface area contributed by atoms with Crippen molar-refractivity contribution in [3.63, 3.8) is 0 Å². The lowest BCUT2D eigenvalue weighted by Crippen LogP contribution is -2.28. The summed E-state index contributed by atoms with van der Waals surface area (Å²) in [4.78, 5) is 0. The molecule has 3 rings (SSSR count). The van der Waals surface area contributed by atoms with E-state index in [0.29, 0.717) is 6.04 Å². The first kappa shape index (κ1) is 16.1. The molecule has 1 aliphatic rings. The molecule has 122 valence electrons. The quantitative estimate of drug-likeness (QED) is 0.870. The van der Waals surface area contributed by atoms with Gasteiger partial charge in [-0.25, -0.2) is 8.78 Å². The minimum Gasteiger partial charge on any atom is -0.314 e. The van der Waals surface area contributed by atoms with Gasteiger partial charge in [-0.05, 0) is 67.1 Å². The van der Waals surface area contributed by atoms with E-state index in [0.717, 1.165) is 36.9 Å². The summed E-state index contributed by atoms with van der Waals surface area (Å²) in [6, 6.07) is 11.5. The minimum absolute atomic E-state index is 0.104. The second-order valence-electron chi connectivity index (χ2n) is 6.41. The standard InChI is InChI=1S/C20H23F2N/c1-3-23-13(2)10-18-16-7-5-4-6-14(16)8-9-15-11-19(21)20(22)12-17(15)18/h4-7,11-13,18,23H,3,8-10H2,1-2H3. The fourth-order valence-electron chi connectivity index (χ4n) is 3.72. The topological polar surface area (TPSA) is 12.0 Å². The van der Waals surface area contributed by atoms with Crippen molar-refractivity contribution in [3.8, 4) is 0 Å². The van der Waals surface area contributed by atoms with Crippen LogP contribution in [0.2, 0.25) is 0 Å². The number of halogens is 2. The maximum atomic E-state index is 13.9. The maximum Gasteiger partial charge on any atom is 0.159 e. The van der Waals surface area contributed by atoms with Gasteiger partial charge in [-0.2, -0.15) is 0 Å². The number of hydrogen-bond acceptors (Lipinski definition) is 1. The van der Waals surface area contributed by atoms with Gasteiger partial charge in [0.15, 0.2) is 11.6 Å². The van der Waals surface area contributed by atoms with Gasteiger partial charge in [0.2, 0.25) is 0 Å². The molecule has 1 N–H and O–H groups in total. The minimum atomic E-state index is -0.746. The SMILES string of the molecule is CCNC(C)CC1c2ccccc2CCc2cc(F)c(F)cc21. The van der Waals surface area contributed by atoms with Crippen LogP contribution in [0, 0.1) is 11.6 Å². The molecule has 2 unspecified atom stereocenters. The third-order valence-corrected chi connectivity index (χ3v) is 4.79. The van der Waals surface area contributed by atoms with Crippen molar-refractivity contribution in [3.05, 3.63) is 70.3 Å². The molecule has 0 radical (unpaired) electrons. The van der Waals surface area contributed by atoms with Gasteiger partial charge in [-0.1, -0.05) is 31.2 Å². The van der Waals surface area contributed by atoms with Crippen LogP contribution in [0.5, 0.6) is 0 Å². The molecule has 3 heteroatoms. The van der Waals surface area contributed by atoms with Crippen molar-refractivity contribution in [1.82, 2.24) is 5.32 Å². The highest BCUT2D eigenvalue weighted by Crippen LogP contribution is 2.38. The predicted molar refractivity (Wildman–Crippen MR) is 89.8 cm³/mol. The third kappa shape index (κ3) is 3.30. The summed E-state index contributed by atoms with van der Waals surface area (Å²) < 4.78 is 27.6. The lowest BCUT2D eigenvalue weighted by molar-refractivity contribution is 0.489. The smallest absolute Gasteiger partial charge is 0.159 e. The van der Waals surface area contributed by atoms with Crippen molar-refractivity contribution in [2.24, 2.45) is 0 Å². The number of benzene rings is 2. The van der Waals surface area contributed by atoms with Crippen LogP contribution in [0.15, 0.2) is 36.4 Å². The molecule has 0 saturated carbocycles. The van der Waals surface area contributed by atoms with Gasteiger partial charge in [-0.15, -0.1) is 0 Å². The van der Waals surface area contributed by atoms with Gasteiger partial charge in [0, 0.05) is 12.0 Å². The monoisotopic (exact) mass is 315 g/mol. The first-order valence-electron chi connectivity index (χ1n) is 8.39. The Bertz CT molecular complexity index is 696. The van der Waals surface area contributed by atoms with E-state index in [4.69, 9.17) is 0 Å². The molecule has 0 bridgehead atoms. The molecule has 23 heavy (non-hydrogen) atoms. The van der Waals surface area contributed by atoms with Crippen LogP contribution in [-0.2, 0) is 12.8 Å². The van der Waals surface area contributed by atoms with Gasteiger partial charge in [0.1, 0.15) is 0 Å². The summed E-state index contributed by atoms with van der Waals surface area (Å²) in [6.07, 6.45) is 2.51. The zero-order chi connectivity index (χ0) is 16.4. The van der Waals surface area contributed by atoms with Gasteiger partial charge in [-0.3, -0.25) is 0 Å². The molecule has 2 aromatic carbocycles. The van der Waals surface area contributed by atoms with Crippen molar-refractivity contribution >= 4 is 0 Å². The van der Waals surface area contributed by atoms with Crippen molar-refractivity contribution < 1.29 is 8.78 Å². The van der Waals surface area contributed by atoms with Gasteiger partial charge < -0.3 is 5.32 Å². The van der Waals surface area contributed by atoms with Crippen LogP contribution in [-0.4, -0.2) is 12.6 Å². The molecule has 0 aromatic heterocycles. The van der Waals surface area contributed by atoms with Gasteiger partial charge >= 0.3 is 0 Å². The van der Waals surface area contributed by atoms with Crippen LogP contribution in [0.1, 0.15) is 48.4 Å². The van der Waals surface area contributed by atoms with Crippen molar-refractivity contribution in [2.75, 3.05) is 6.54 Å². The molecular formula is C20H23F2N. The third-order valence-electron chi connectivity index (χ3n) is 4.79. The molecule has 2 atom stereocenters. The summed E-state index contributed by atoms with van der Waals surface area (Å²) >= 11 is 0. The first-order valence-corrected chi connectivity index (χ1v) is 8.39. The Morgan fingerprint density at radius 1 is 1.04 bits per heavy atom. The fourth-order valence-corrected chi connectivity index (χ4v) is 3.72. The average molecular weight is 315 g/mol. The molecule has 0 amide bonds. The molecule has 0 heterocycles. The summed E-state index contributed by atoms with van der Waals surface area (Å²) in [5, 5.41) is 3.43. The average Bonchev–Trinajstić information content (AvgIpc) is 2.67. The molecule has 2 aromatic rings. The normalized spacial score (nSPS) is 18.0. The largest absolute Gasteiger partial charge is 0.314 e. The first-order chi connectivity index (χ1) is 11.1. The Kier molecular flexibility index (Phi) is 4.76. The molecule has 1 nitrogen and oxygen atoms in total. The van der Waals surface area contributed by atoms with Crippen LogP contribution in [0.25, 0.3) is 0 Å². The van der Waals surface area contributed by atoms with Crippen molar-refractivity contribution in [2.45, 2.75) is 45.1 Å². The van der Waals surface area contributed by atoms with E-state index in [1.807, 2.05) is 12.1 Å². The molecular weight excluding hydrogens is 292 g/mol. The molecule has 0 spiro atoms. The Balaban J connectivity index is 2.09. The molecule has 0 saturated heterocycles. The van der Waals surface area contributed by atoms with E-state index in [-0.39, 0.29) is 5.92 Å². The number of hydrogen-bond donors (Lipinski definition) is 1. The Labute approximate surface area is 136 Å². The van der Waals surface area contributed by atoms with Crippen LogP contribution < -0.4 is 5.32 Å². The highest BCUT2D eigenvalue weighted by atomic mass is 19.2. The zero-order valence-electron chi connectivity index (χ0n) is 13.7. The van der Waals surface area contributed by atoms with E-state index in [2.05, 4.69) is 31.3 Å². The predicted octanol–water partition coefficient (Wildman–Crippen LogP) is 4.58. The van der Waals surface area contributed by atoms with E-state index >= 15 is 0 Å². The van der Waals surface area contributed by atoms with Crippen LogP contribution >= 0.6 is 0 Å². The lowest BCUT2D eigenvalue weighted by Gasteiger charge is -2.24. The fraction of sp³-hybridized carbons (Fsp3) is 0.400. The molecule has 0 aliphatic heterocycles. The lowest BCUT2D eigenvalue weighted by atomic mass is 9.83. The number of rotatable bonds is 4. The molecule has 0 fully saturated rings. The second kappa shape index (κ2) is 6.79. The Morgan fingerprint density at radius 2 is 1.74 bits per heavy atom. The van der Waals surface area contributed by atoms with Crippen LogP contribution in [0.4, 0.5) is 8.78 Å². The summed E-state index contributed by atoms with van der Waals surface area (Å²) in [5.41, 5.74) is 4.42. The highest BCUT2D eigenvalue weighted by molar-refractivity contribution is 5.45. The highest BCUT2D eigenvalue weighted by Gasteiger charge is 2.26. The molecule has 1 aliphatic carbocycles. The van der Waals surface area contributed by atoms with E-state index in [1.54, 1.807) is 0 Å². The zero-order valence-corrected chi connectivity index (χ0v) is 13.7. The number of nitrogens with one attached hydrogen (secondary N) is 1. The summed E-state index contributed by atoms with van der Waals surface area (Å²) in [6.45, 7) is 5.14. The summed E-state index contributed by atoms with van der Waals surface area (Å²) in [7, 11) is 0. The van der Waals surface area contributed by atoms with Gasteiger partial charge in [0.25, 0.3) is 0 Å². The van der Waals surface area contributed by atoms with E-state index in [9.17, 15) is 8.78 Å². The summed E-state index contributed by atoms with van der Waals surface area (Å²) in [5.74, 6) is -1.38. The Hall–Kier alpha value is -1.74. The van der Waals surface area contributed by atoms with Crippen molar-refractivity contribution in [1.29, 1.82) is 0 Å².